The third-order valence-electron chi connectivity index (χ3n) is 6.77. The van der Waals surface area contributed by atoms with E-state index in [1.807, 2.05) is 51.6 Å². The largest absolute Gasteiger partial charge is 0.496 e. The summed E-state index contributed by atoms with van der Waals surface area (Å²) in [4.78, 5) is 31.0. The van der Waals surface area contributed by atoms with Crippen LogP contribution >= 0.6 is 11.6 Å². The van der Waals surface area contributed by atoms with Crippen LogP contribution in [0.25, 0.3) is 22.7 Å². The Morgan fingerprint density at radius 2 is 1.94 bits per heavy atom. The van der Waals surface area contributed by atoms with Crippen LogP contribution in [0.3, 0.4) is 0 Å². The quantitative estimate of drug-likeness (QED) is 0.522. The molecular formula is C25H31ClN6O3. The number of aryl methyl sites for hydroxylation is 2. The smallest absolute Gasteiger partial charge is 0.410 e. The van der Waals surface area contributed by atoms with E-state index < -0.39 is 5.60 Å². The van der Waals surface area contributed by atoms with Crippen LogP contribution in [0.2, 0.25) is 5.02 Å². The van der Waals surface area contributed by atoms with Crippen LogP contribution in [0.15, 0.2) is 18.3 Å². The minimum Gasteiger partial charge on any atom is -0.496 e. The predicted molar refractivity (Wildman–Crippen MR) is 135 cm³/mol. The average molecular weight is 499 g/mol. The minimum absolute atomic E-state index is 0.132. The number of benzene rings is 1. The Kier molecular flexibility index (Phi) is 5.58. The molecule has 1 amide bonds. The number of aromatic nitrogens is 4. The second kappa shape index (κ2) is 8.26. The van der Waals surface area contributed by atoms with E-state index in [-0.39, 0.29) is 11.6 Å². The lowest BCUT2D eigenvalue weighted by Crippen LogP contribution is -2.69. The average Bonchev–Trinajstić information content (AvgIpc) is 3.32. The van der Waals surface area contributed by atoms with E-state index in [1.165, 1.54) is 0 Å². The Balaban J connectivity index is 1.45. The Hall–Kier alpha value is -3.07. The predicted octanol–water partition coefficient (Wildman–Crippen LogP) is 4.59. The molecule has 5 rings (SSSR count). The van der Waals surface area contributed by atoms with E-state index in [4.69, 9.17) is 36.0 Å². The fourth-order valence-electron chi connectivity index (χ4n) is 5.21. The maximum absolute atomic E-state index is 12.5. The van der Waals surface area contributed by atoms with E-state index in [0.29, 0.717) is 35.2 Å². The molecule has 1 aromatic carbocycles. The van der Waals surface area contributed by atoms with Gasteiger partial charge in [-0.25, -0.2) is 19.7 Å². The van der Waals surface area contributed by atoms with Gasteiger partial charge < -0.3 is 23.8 Å². The standard InChI is InChI=1S/C25H31ClN6O3/c1-15-10-16(26)11-17(34-6)19(15)21-29-20-22(30(21)5)27-12-18(28-20)32-9-7-8-25(32)13-31(14-25)23(33)35-24(2,3)4/h10-12H,7-9,13-14H2,1-6H3. The molecule has 2 aromatic heterocycles. The van der Waals surface area contributed by atoms with Gasteiger partial charge in [0.15, 0.2) is 11.3 Å². The van der Waals surface area contributed by atoms with Crippen molar-refractivity contribution in [3.8, 4) is 17.1 Å². The highest BCUT2D eigenvalue weighted by Gasteiger charge is 2.53. The third kappa shape index (κ3) is 4.05. The van der Waals surface area contributed by atoms with Crippen LogP contribution in [0.4, 0.5) is 10.6 Å². The summed E-state index contributed by atoms with van der Waals surface area (Å²) < 4.78 is 13.1. The van der Waals surface area contributed by atoms with Gasteiger partial charge in [-0.1, -0.05) is 11.6 Å². The van der Waals surface area contributed by atoms with Crippen LogP contribution < -0.4 is 9.64 Å². The number of fused-ring (bicyclic) bond motifs is 1. The molecule has 2 saturated heterocycles. The first-order chi connectivity index (χ1) is 16.5. The monoisotopic (exact) mass is 498 g/mol. The second-order valence-corrected chi connectivity index (χ2v) is 10.9. The highest BCUT2D eigenvalue weighted by molar-refractivity contribution is 6.31. The highest BCUT2D eigenvalue weighted by Crippen LogP contribution is 2.41. The lowest BCUT2D eigenvalue weighted by atomic mass is 9.87. The Morgan fingerprint density at radius 3 is 2.63 bits per heavy atom. The summed E-state index contributed by atoms with van der Waals surface area (Å²) in [5.74, 6) is 2.16. The van der Waals surface area contributed by atoms with Gasteiger partial charge in [0.25, 0.3) is 0 Å². The van der Waals surface area contributed by atoms with E-state index in [9.17, 15) is 4.79 Å². The molecule has 2 fully saturated rings. The number of methoxy groups -OCH3 is 1. The van der Waals surface area contributed by atoms with Crippen molar-refractivity contribution in [2.45, 2.75) is 51.7 Å². The molecule has 0 N–H and O–H groups in total. The van der Waals surface area contributed by atoms with Crippen molar-refractivity contribution in [1.82, 2.24) is 24.4 Å². The third-order valence-corrected chi connectivity index (χ3v) is 6.99. The van der Waals surface area contributed by atoms with Gasteiger partial charge in [0, 0.05) is 31.7 Å². The molecule has 0 aliphatic carbocycles. The number of halogens is 1. The van der Waals surface area contributed by atoms with Gasteiger partial charge in [0.05, 0.1) is 24.4 Å². The van der Waals surface area contributed by atoms with Gasteiger partial charge in [-0.2, -0.15) is 0 Å². The van der Waals surface area contributed by atoms with Crippen LogP contribution in [0.1, 0.15) is 39.2 Å². The van der Waals surface area contributed by atoms with Gasteiger partial charge in [0.2, 0.25) is 0 Å². The van der Waals surface area contributed by atoms with Gasteiger partial charge in [0.1, 0.15) is 23.0 Å². The molecule has 2 aliphatic heterocycles. The van der Waals surface area contributed by atoms with E-state index in [2.05, 4.69) is 4.90 Å². The number of hydrogen-bond donors (Lipinski definition) is 0. The lowest BCUT2D eigenvalue weighted by molar-refractivity contribution is -0.00713. The first kappa shape index (κ1) is 23.7. The van der Waals surface area contributed by atoms with E-state index in [0.717, 1.165) is 42.2 Å². The van der Waals surface area contributed by atoms with E-state index >= 15 is 0 Å². The number of carbonyl (C=O) groups is 1. The second-order valence-electron chi connectivity index (χ2n) is 10.5. The number of ether oxygens (including phenoxy) is 2. The molecule has 186 valence electrons. The van der Waals surface area contributed by atoms with Crippen molar-refractivity contribution in [2.75, 3.05) is 31.6 Å². The Labute approximate surface area is 210 Å². The van der Waals surface area contributed by atoms with Crippen molar-refractivity contribution in [2.24, 2.45) is 7.05 Å². The number of carbonyl (C=O) groups excluding carboxylic acids is 1. The zero-order valence-corrected chi connectivity index (χ0v) is 21.8. The number of imidazole rings is 1. The van der Waals surface area contributed by atoms with Crippen LogP contribution in [-0.4, -0.2) is 68.4 Å². The summed E-state index contributed by atoms with van der Waals surface area (Å²) in [5.41, 5.74) is 2.45. The van der Waals surface area contributed by atoms with Crippen molar-refractivity contribution >= 4 is 34.8 Å². The van der Waals surface area contributed by atoms with Crippen molar-refractivity contribution in [3.63, 3.8) is 0 Å². The molecule has 35 heavy (non-hydrogen) atoms. The molecular weight excluding hydrogens is 468 g/mol. The number of amides is 1. The highest BCUT2D eigenvalue weighted by atomic mass is 35.5. The molecule has 9 nitrogen and oxygen atoms in total. The number of likely N-dealkylation sites (tertiary alicyclic amines) is 1. The first-order valence-electron chi connectivity index (χ1n) is 11.8. The summed E-state index contributed by atoms with van der Waals surface area (Å²) >= 11 is 6.24. The zero-order chi connectivity index (χ0) is 25.1. The van der Waals surface area contributed by atoms with Gasteiger partial charge >= 0.3 is 6.09 Å². The number of anilines is 1. The zero-order valence-electron chi connectivity index (χ0n) is 21.1. The number of rotatable bonds is 3. The molecule has 0 bridgehead atoms. The van der Waals surface area contributed by atoms with Crippen molar-refractivity contribution in [1.29, 1.82) is 0 Å². The van der Waals surface area contributed by atoms with Crippen molar-refractivity contribution in [3.05, 3.63) is 28.9 Å². The fraction of sp³-hybridized carbons (Fsp3) is 0.520. The molecule has 0 atom stereocenters. The van der Waals surface area contributed by atoms with Gasteiger partial charge in [-0.15, -0.1) is 0 Å². The van der Waals surface area contributed by atoms with Crippen molar-refractivity contribution < 1.29 is 14.3 Å². The van der Waals surface area contributed by atoms with Crippen LogP contribution in [0, 0.1) is 6.92 Å². The SMILES string of the molecule is COc1cc(Cl)cc(C)c1-c1nc2nc(N3CCCC34CN(C(=O)OC(C)(C)C)C4)cnc2n1C. The molecule has 10 heteroatoms. The van der Waals surface area contributed by atoms with E-state index in [1.54, 1.807) is 18.1 Å². The van der Waals surface area contributed by atoms with Crippen LogP contribution in [-0.2, 0) is 11.8 Å². The summed E-state index contributed by atoms with van der Waals surface area (Å²) in [7, 11) is 3.55. The normalized spacial score (nSPS) is 17.2. The fourth-order valence-corrected chi connectivity index (χ4v) is 5.47. The molecule has 1 spiro atoms. The first-order valence-corrected chi connectivity index (χ1v) is 12.2. The van der Waals surface area contributed by atoms with Gasteiger partial charge in [-0.3, -0.25) is 0 Å². The summed E-state index contributed by atoms with van der Waals surface area (Å²) in [6, 6.07) is 3.68. The Bertz CT molecular complexity index is 1310. The summed E-state index contributed by atoms with van der Waals surface area (Å²) in [6.45, 7) is 9.75. The number of hydrogen-bond acceptors (Lipinski definition) is 7. The van der Waals surface area contributed by atoms with Gasteiger partial charge in [-0.05, 0) is 58.2 Å². The molecule has 0 saturated carbocycles. The molecule has 0 unspecified atom stereocenters. The maximum Gasteiger partial charge on any atom is 0.410 e. The maximum atomic E-state index is 12.5. The topological polar surface area (TPSA) is 85.6 Å². The molecule has 3 aromatic rings. The molecule has 2 aliphatic rings. The summed E-state index contributed by atoms with van der Waals surface area (Å²) in [6.07, 6.45) is 3.58. The molecule has 0 radical (unpaired) electrons. The lowest BCUT2D eigenvalue weighted by Gasteiger charge is -2.52. The molecule has 4 heterocycles. The minimum atomic E-state index is -0.506. The summed E-state index contributed by atoms with van der Waals surface area (Å²) in [5, 5.41) is 0.612. The van der Waals surface area contributed by atoms with Crippen LogP contribution in [0.5, 0.6) is 5.75 Å². The Morgan fingerprint density at radius 1 is 1.20 bits per heavy atom. The number of nitrogens with zero attached hydrogens (tertiary/aromatic N) is 6.